The number of carbonyl (C=O) groups is 1. The van der Waals surface area contributed by atoms with Crippen LogP contribution in [0.3, 0.4) is 0 Å². The number of benzene rings is 1. The molecule has 2 atom stereocenters. The fourth-order valence-electron chi connectivity index (χ4n) is 4.28. The summed E-state index contributed by atoms with van der Waals surface area (Å²) in [6.07, 6.45) is 0.140. The molecule has 3 rings (SSSR count). The molecule has 0 bridgehead atoms. The monoisotopic (exact) mass is 506 g/mol. The van der Waals surface area contributed by atoms with Crippen LogP contribution >= 0.6 is 11.3 Å². The van der Waals surface area contributed by atoms with Gasteiger partial charge in [0.15, 0.2) is 0 Å². The average Bonchev–Trinajstić information content (AvgIpc) is 3.25. The van der Waals surface area contributed by atoms with Gasteiger partial charge in [0.05, 0.1) is 30.9 Å². The first kappa shape index (κ1) is 27.6. The van der Waals surface area contributed by atoms with Gasteiger partial charge in [-0.05, 0) is 74.4 Å². The first-order chi connectivity index (χ1) is 16.5. The van der Waals surface area contributed by atoms with E-state index in [1.165, 1.54) is 17.0 Å². The maximum Gasteiger partial charge on any atom is 0.237 e. The molecule has 6 nitrogen and oxygen atoms in total. The van der Waals surface area contributed by atoms with Gasteiger partial charge < -0.3 is 19.5 Å². The number of fused-ring (bicyclic) bond motifs is 1. The number of nitrogens with zero attached hydrogens (tertiary/aromatic N) is 2. The summed E-state index contributed by atoms with van der Waals surface area (Å²) < 4.78 is 25.0. The fourth-order valence-corrected chi connectivity index (χ4v) is 5.21. The Morgan fingerprint density at radius 2 is 1.94 bits per heavy atom. The second-order valence-electron chi connectivity index (χ2n) is 10.6. The van der Waals surface area contributed by atoms with Gasteiger partial charge in [-0.3, -0.25) is 9.69 Å². The zero-order valence-corrected chi connectivity index (χ0v) is 22.3. The lowest BCUT2D eigenvalue weighted by atomic mass is 10.00. The number of rotatable bonds is 11. The second-order valence-corrected chi connectivity index (χ2v) is 11.6. The Hall–Kier alpha value is -2.00. The lowest BCUT2D eigenvalue weighted by Gasteiger charge is -2.37. The molecule has 0 fully saturated rings. The van der Waals surface area contributed by atoms with Crippen LogP contribution in [0.5, 0.6) is 5.75 Å². The zero-order chi connectivity index (χ0) is 25.6. The van der Waals surface area contributed by atoms with Crippen LogP contribution in [0.15, 0.2) is 35.7 Å². The maximum absolute atomic E-state index is 13.6. The summed E-state index contributed by atoms with van der Waals surface area (Å²) in [7, 11) is 0. The van der Waals surface area contributed by atoms with Crippen LogP contribution in [0.1, 0.15) is 51.1 Å². The van der Waals surface area contributed by atoms with E-state index < -0.39 is 6.10 Å². The molecule has 35 heavy (non-hydrogen) atoms. The van der Waals surface area contributed by atoms with Gasteiger partial charge in [-0.2, -0.15) is 0 Å². The van der Waals surface area contributed by atoms with Crippen LogP contribution in [-0.4, -0.2) is 71.9 Å². The molecule has 194 valence electrons. The Morgan fingerprint density at radius 3 is 2.60 bits per heavy atom. The molecule has 0 spiro atoms. The number of hydrogen-bond acceptors (Lipinski definition) is 6. The fraction of sp³-hybridized carbons (Fsp3) is 0.593. The summed E-state index contributed by atoms with van der Waals surface area (Å²) in [6.45, 7) is 12.5. The number of thiophene rings is 1. The number of aliphatic hydroxyl groups is 1. The van der Waals surface area contributed by atoms with E-state index in [0.29, 0.717) is 37.9 Å². The van der Waals surface area contributed by atoms with Crippen LogP contribution in [0.25, 0.3) is 0 Å². The van der Waals surface area contributed by atoms with Crippen molar-refractivity contribution in [1.29, 1.82) is 0 Å². The van der Waals surface area contributed by atoms with E-state index >= 15 is 0 Å². The van der Waals surface area contributed by atoms with Crippen LogP contribution in [0.2, 0.25) is 0 Å². The van der Waals surface area contributed by atoms with Crippen molar-refractivity contribution in [2.24, 2.45) is 5.92 Å². The normalized spacial score (nSPS) is 17.1. The second kappa shape index (κ2) is 12.3. The highest BCUT2D eigenvalue weighted by molar-refractivity contribution is 7.10. The highest BCUT2D eigenvalue weighted by Gasteiger charge is 2.33. The van der Waals surface area contributed by atoms with E-state index in [0.717, 1.165) is 12.0 Å². The first-order valence-corrected chi connectivity index (χ1v) is 13.2. The molecule has 1 aromatic carbocycles. The van der Waals surface area contributed by atoms with E-state index in [4.69, 9.17) is 9.47 Å². The lowest BCUT2D eigenvalue weighted by molar-refractivity contribution is -0.137. The van der Waals surface area contributed by atoms with E-state index in [2.05, 4.69) is 25.3 Å². The molecule has 0 aliphatic carbocycles. The van der Waals surface area contributed by atoms with Crippen LogP contribution in [-0.2, 0) is 16.0 Å². The SMILES string of the molecule is CC(C)CN(CC(=O)N1CCc2sccc2C1COc1ccc(F)cc1)CC(O)COC(C)(C)C. The zero-order valence-electron chi connectivity index (χ0n) is 21.5. The molecule has 0 radical (unpaired) electrons. The van der Waals surface area contributed by atoms with E-state index in [1.807, 2.05) is 30.6 Å². The van der Waals surface area contributed by atoms with Crippen molar-refractivity contribution >= 4 is 17.2 Å². The predicted molar refractivity (Wildman–Crippen MR) is 137 cm³/mol. The smallest absolute Gasteiger partial charge is 0.237 e. The third kappa shape index (κ3) is 8.56. The van der Waals surface area contributed by atoms with E-state index in [-0.39, 0.29) is 36.5 Å². The summed E-state index contributed by atoms with van der Waals surface area (Å²) in [4.78, 5) is 18.7. The Balaban J connectivity index is 1.69. The molecule has 0 saturated carbocycles. The van der Waals surface area contributed by atoms with Gasteiger partial charge in [0.2, 0.25) is 5.91 Å². The van der Waals surface area contributed by atoms with Crippen molar-refractivity contribution in [2.45, 2.75) is 58.8 Å². The van der Waals surface area contributed by atoms with E-state index in [9.17, 15) is 14.3 Å². The summed E-state index contributed by atoms with van der Waals surface area (Å²) in [5.74, 6) is 0.622. The predicted octanol–water partition coefficient (Wildman–Crippen LogP) is 4.53. The average molecular weight is 507 g/mol. The van der Waals surface area contributed by atoms with Crippen molar-refractivity contribution in [3.63, 3.8) is 0 Å². The molecule has 1 aliphatic rings. The van der Waals surface area contributed by atoms with Crippen LogP contribution in [0, 0.1) is 11.7 Å². The van der Waals surface area contributed by atoms with Gasteiger partial charge in [0.25, 0.3) is 0 Å². The summed E-state index contributed by atoms with van der Waals surface area (Å²) in [5.41, 5.74) is 0.787. The number of carbonyl (C=O) groups excluding carboxylic acids is 1. The number of halogens is 1. The van der Waals surface area contributed by atoms with Crippen molar-refractivity contribution in [3.8, 4) is 5.75 Å². The standard InChI is InChI=1S/C27H39FN2O4S/c1-19(2)14-29(15-21(31)17-34-27(3,4)5)16-26(32)30-12-10-25-23(11-13-35-25)24(30)18-33-22-8-6-20(28)7-9-22/h6-9,11,13,19,21,24,31H,10,12,14-18H2,1-5H3. The van der Waals surface area contributed by atoms with Crippen molar-refractivity contribution in [2.75, 3.05) is 39.4 Å². The summed E-state index contributed by atoms with van der Waals surface area (Å²) >= 11 is 1.70. The van der Waals surface area contributed by atoms with Gasteiger partial charge in [-0.1, -0.05) is 13.8 Å². The third-order valence-corrected chi connectivity index (χ3v) is 6.79. The molecule has 1 aromatic heterocycles. The van der Waals surface area contributed by atoms with Gasteiger partial charge >= 0.3 is 0 Å². The molecule has 2 heterocycles. The minimum absolute atomic E-state index is 0.0131. The molecule has 2 unspecified atom stereocenters. The van der Waals surface area contributed by atoms with Gasteiger partial charge in [0.1, 0.15) is 18.2 Å². The minimum atomic E-state index is -0.678. The Morgan fingerprint density at radius 1 is 1.23 bits per heavy atom. The molecule has 2 aromatic rings. The molecular weight excluding hydrogens is 467 g/mol. The number of aliphatic hydroxyl groups excluding tert-OH is 1. The quantitative estimate of drug-likeness (QED) is 0.485. The molecule has 0 saturated heterocycles. The summed E-state index contributed by atoms with van der Waals surface area (Å²) in [6, 6.07) is 7.80. The minimum Gasteiger partial charge on any atom is -0.491 e. The molecular formula is C27H39FN2O4S. The largest absolute Gasteiger partial charge is 0.491 e. The van der Waals surface area contributed by atoms with Crippen molar-refractivity contribution < 1.29 is 23.8 Å². The topological polar surface area (TPSA) is 62.2 Å². The van der Waals surface area contributed by atoms with Crippen molar-refractivity contribution in [1.82, 2.24) is 9.80 Å². The van der Waals surface area contributed by atoms with Gasteiger partial charge in [-0.25, -0.2) is 4.39 Å². The highest BCUT2D eigenvalue weighted by atomic mass is 32.1. The first-order valence-electron chi connectivity index (χ1n) is 12.3. The molecule has 1 aliphatic heterocycles. The van der Waals surface area contributed by atoms with Crippen LogP contribution < -0.4 is 4.74 Å². The third-order valence-electron chi connectivity index (χ3n) is 5.80. The molecule has 1 N–H and O–H groups in total. The number of ether oxygens (including phenoxy) is 2. The molecule has 8 heteroatoms. The molecule has 1 amide bonds. The Labute approximate surface area is 212 Å². The van der Waals surface area contributed by atoms with Crippen LogP contribution in [0.4, 0.5) is 4.39 Å². The lowest BCUT2D eigenvalue weighted by Crippen LogP contribution is -2.48. The Kier molecular flexibility index (Phi) is 9.69. The van der Waals surface area contributed by atoms with Gasteiger partial charge in [0, 0.05) is 24.5 Å². The Bertz CT molecular complexity index is 941. The summed E-state index contributed by atoms with van der Waals surface area (Å²) in [5, 5.41) is 12.6. The number of hydrogen-bond donors (Lipinski definition) is 1. The van der Waals surface area contributed by atoms with Gasteiger partial charge in [-0.15, -0.1) is 11.3 Å². The maximum atomic E-state index is 13.6. The highest BCUT2D eigenvalue weighted by Crippen LogP contribution is 2.34. The van der Waals surface area contributed by atoms with Crippen molar-refractivity contribution in [3.05, 3.63) is 52.0 Å². The van der Waals surface area contributed by atoms with E-state index in [1.54, 1.807) is 23.5 Å². The number of amides is 1.